The second kappa shape index (κ2) is 8.77. The van der Waals surface area contributed by atoms with E-state index < -0.39 is 35.3 Å². The SMILES string of the molecule is CC[C@@H](C#N)NC(=O)[C@@H]1[C@@H]2[C@H](CN1C(=O)[C@@H](NC(=O)c1ccc(F)cc1)C(C)(C)C)C2(C)C. The predicted octanol–water partition coefficient (Wildman–Crippen LogP) is 2.87. The third-order valence-electron chi connectivity index (χ3n) is 7.14. The molecule has 3 rings (SSSR count). The Morgan fingerprint density at radius 1 is 1.21 bits per heavy atom. The van der Waals surface area contributed by atoms with Crippen molar-refractivity contribution in [3.63, 3.8) is 0 Å². The van der Waals surface area contributed by atoms with Crippen LogP contribution in [-0.2, 0) is 9.59 Å². The number of carbonyl (C=O) groups is 3. The normalized spacial score (nSPS) is 24.8. The number of nitrogens with one attached hydrogen (secondary N) is 2. The third kappa shape index (κ3) is 4.73. The quantitative estimate of drug-likeness (QED) is 0.687. The van der Waals surface area contributed by atoms with E-state index >= 15 is 0 Å². The molecule has 0 aromatic heterocycles. The van der Waals surface area contributed by atoms with Crippen LogP contribution in [0.15, 0.2) is 24.3 Å². The fraction of sp³-hybridized carbons (Fsp3) is 0.600. The van der Waals surface area contributed by atoms with Gasteiger partial charge >= 0.3 is 0 Å². The number of fused-ring (bicyclic) bond motifs is 1. The van der Waals surface area contributed by atoms with Crippen LogP contribution < -0.4 is 10.6 Å². The molecule has 0 unspecified atom stereocenters. The minimum atomic E-state index is -0.885. The monoisotopic (exact) mass is 456 g/mol. The molecule has 8 heteroatoms. The van der Waals surface area contributed by atoms with Crippen molar-refractivity contribution in [3.8, 4) is 6.07 Å². The highest BCUT2D eigenvalue weighted by atomic mass is 19.1. The Hall–Kier alpha value is -2.95. The number of piperidine rings is 1. The molecule has 7 nitrogen and oxygen atoms in total. The number of nitrogens with zero attached hydrogens (tertiary/aromatic N) is 2. The van der Waals surface area contributed by atoms with E-state index in [0.717, 1.165) is 0 Å². The highest BCUT2D eigenvalue weighted by molar-refractivity contribution is 5.99. The molecule has 0 bridgehead atoms. The van der Waals surface area contributed by atoms with Gasteiger partial charge in [0.05, 0.1) is 6.07 Å². The fourth-order valence-electron chi connectivity index (χ4n) is 4.93. The zero-order chi connectivity index (χ0) is 24.7. The lowest BCUT2D eigenvalue weighted by Crippen LogP contribution is -2.59. The van der Waals surface area contributed by atoms with Gasteiger partial charge in [0, 0.05) is 12.1 Å². The first-order valence-electron chi connectivity index (χ1n) is 11.4. The van der Waals surface area contributed by atoms with Gasteiger partial charge in [-0.2, -0.15) is 5.26 Å². The van der Waals surface area contributed by atoms with Crippen LogP contribution in [-0.4, -0.2) is 47.3 Å². The fourth-order valence-corrected chi connectivity index (χ4v) is 4.93. The summed E-state index contributed by atoms with van der Waals surface area (Å²) in [6.07, 6.45) is 0.471. The number of benzene rings is 1. The summed E-state index contributed by atoms with van der Waals surface area (Å²) < 4.78 is 13.2. The number of hydrogen-bond acceptors (Lipinski definition) is 4. The standard InChI is InChI=1S/C25H33FN4O3/c1-7-16(12-27)28-22(32)19-18-17(25(18,5)6)13-30(19)23(33)20(24(2,3)4)29-21(31)14-8-10-15(26)11-9-14/h8-11,16-20H,7,13H2,1-6H3,(H,28,32)(H,29,31)/t16-,17-,18-,19-,20+/m0/s1. The lowest BCUT2D eigenvalue weighted by atomic mass is 9.85. The van der Waals surface area contributed by atoms with Crippen LogP contribution in [0.2, 0.25) is 0 Å². The van der Waals surface area contributed by atoms with E-state index in [-0.39, 0.29) is 34.6 Å². The molecule has 1 saturated heterocycles. The van der Waals surface area contributed by atoms with Gasteiger partial charge < -0.3 is 15.5 Å². The summed E-state index contributed by atoms with van der Waals surface area (Å²) in [5.74, 6) is -1.40. The van der Waals surface area contributed by atoms with Gasteiger partial charge in [0.1, 0.15) is 23.9 Å². The van der Waals surface area contributed by atoms with Crippen molar-refractivity contribution in [1.82, 2.24) is 15.5 Å². The van der Waals surface area contributed by atoms with Crippen LogP contribution in [0.5, 0.6) is 0 Å². The van der Waals surface area contributed by atoms with Crippen molar-refractivity contribution in [1.29, 1.82) is 5.26 Å². The first-order chi connectivity index (χ1) is 15.3. The van der Waals surface area contributed by atoms with Crippen LogP contribution in [0.1, 0.15) is 58.3 Å². The molecule has 2 N–H and O–H groups in total. The second-order valence-electron chi connectivity index (χ2n) is 10.8. The maximum Gasteiger partial charge on any atom is 0.251 e. The Kier molecular flexibility index (Phi) is 6.56. The average Bonchev–Trinajstić information content (AvgIpc) is 3.09. The third-order valence-corrected chi connectivity index (χ3v) is 7.14. The van der Waals surface area contributed by atoms with Crippen molar-refractivity contribution in [3.05, 3.63) is 35.6 Å². The Balaban J connectivity index is 1.85. The predicted molar refractivity (Wildman–Crippen MR) is 121 cm³/mol. The summed E-state index contributed by atoms with van der Waals surface area (Å²) in [6.45, 7) is 12.0. The molecule has 1 aromatic carbocycles. The molecule has 1 aliphatic heterocycles. The van der Waals surface area contributed by atoms with Crippen LogP contribution >= 0.6 is 0 Å². The lowest BCUT2D eigenvalue weighted by molar-refractivity contribution is -0.143. The van der Waals surface area contributed by atoms with Gasteiger partial charge in [-0.25, -0.2) is 4.39 Å². The topological polar surface area (TPSA) is 102 Å². The van der Waals surface area contributed by atoms with Crippen molar-refractivity contribution in [2.75, 3.05) is 6.54 Å². The van der Waals surface area contributed by atoms with Gasteiger partial charge in [-0.1, -0.05) is 41.5 Å². The van der Waals surface area contributed by atoms with Crippen molar-refractivity contribution < 1.29 is 18.8 Å². The molecule has 3 amide bonds. The molecular formula is C25H33FN4O3. The number of likely N-dealkylation sites (tertiary alicyclic amines) is 1. The molecule has 1 aliphatic carbocycles. The van der Waals surface area contributed by atoms with Crippen LogP contribution in [0.25, 0.3) is 0 Å². The van der Waals surface area contributed by atoms with E-state index in [4.69, 9.17) is 0 Å². The molecular weight excluding hydrogens is 423 g/mol. The summed E-state index contributed by atoms with van der Waals surface area (Å²) in [7, 11) is 0. The Labute approximate surface area is 194 Å². The molecule has 1 saturated carbocycles. The number of hydrogen-bond donors (Lipinski definition) is 2. The number of halogens is 1. The Bertz CT molecular complexity index is 977. The van der Waals surface area contributed by atoms with Crippen molar-refractivity contribution in [2.45, 2.75) is 66.1 Å². The number of rotatable bonds is 6. The largest absolute Gasteiger partial charge is 0.340 e. The summed E-state index contributed by atoms with van der Waals surface area (Å²) in [4.78, 5) is 41.3. The van der Waals surface area contributed by atoms with Gasteiger partial charge in [0.25, 0.3) is 5.91 Å². The maximum atomic E-state index is 13.7. The van der Waals surface area contributed by atoms with E-state index in [2.05, 4.69) is 30.6 Å². The minimum absolute atomic E-state index is 0.00562. The van der Waals surface area contributed by atoms with Crippen LogP contribution in [0, 0.1) is 39.8 Å². The van der Waals surface area contributed by atoms with E-state index in [0.29, 0.717) is 13.0 Å². The maximum absolute atomic E-state index is 13.7. The highest BCUT2D eigenvalue weighted by Gasteiger charge is 2.69. The van der Waals surface area contributed by atoms with Crippen LogP contribution in [0.4, 0.5) is 4.39 Å². The molecule has 1 heterocycles. The summed E-state index contributed by atoms with van der Waals surface area (Å²) in [5.41, 5.74) is -0.450. The Morgan fingerprint density at radius 2 is 1.82 bits per heavy atom. The van der Waals surface area contributed by atoms with Gasteiger partial charge in [-0.05, 0) is 53.4 Å². The van der Waals surface area contributed by atoms with Gasteiger partial charge in [0.15, 0.2) is 0 Å². The first kappa shape index (κ1) is 24.7. The molecule has 5 atom stereocenters. The van der Waals surface area contributed by atoms with Gasteiger partial charge in [0.2, 0.25) is 11.8 Å². The first-order valence-corrected chi connectivity index (χ1v) is 11.4. The molecule has 0 spiro atoms. The smallest absolute Gasteiger partial charge is 0.251 e. The Morgan fingerprint density at radius 3 is 2.33 bits per heavy atom. The molecule has 0 radical (unpaired) electrons. The average molecular weight is 457 g/mol. The zero-order valence-electron chi connectivity index (χ0n) is 20.1. The molecule has 2 aliphatic rings. The van der Waals surface area contributed by atoms with E-state index in [1.165, 1.54) is 24.3 Å². The molecule has 1 aromatic rings. The van der Waals surface area contributed by atoms with E-state index in [9.17, 15) is 24.0 Å². The van der Waals surface area contributed by atoms with Crippen molar-refractivity contribution >= 4 is 17.7 Å². The van der Waals surface area contributed by atoms with Gasteiger partial charge in [-0.3, -0.25) is 14.4 Å². The summed E-state index contributed by atoms with van der Waals surface area (Å²) in [6, 6.07) is 5.00. The number of nitriles is 1. The number of amides is 3. The summed E-state index contributed by atoms with van der Waals surface area (Å²) in [5, 5.41) is 14.9. The van der Waals surface area contributed by atoms with E-state index in [1.807, 2.05) is 27.7 Å². The molecule has 33 heavy (non-hydrogen) atoms. The highest BCUT2D eigenvalue weighted by Crippen LogP contribution is 2.65. The van der Waals surface area contributed by atoms with Crippen LogP contribution in [0.3, 0.4) is 0 Å². The van der Waals surface area contributed by atoms with Crippen molar-refractivity contribution in [2.24, 2.45) is 22.7 Å². The molecule has 178 valence electrons. The zero-order valence-corrected chi connectivity index (χ0v) is 20.1. The number of carbonyl (C=O) groups excluding carboxylic acids is 3. The minimum Gasteiger partial charge on any atom is -0.340 e. The second-order valence-corrected chi connectivity index (χ2v) is 10.8. The van der Waals surface area contributed by atoms with Gasteiger partial charge in [-0.15, -0.1) is 0 Å². The molecule has 2 fully saturated rings. The summed E-state index contributed by atoms with van der Waals surface area (Å²) >= 11 is 0. The lowest BCUT2D eigenvalue weighted by Gasteiger charge is -2.37. The van der Waals surface area contributed by atoms with E-state index in [1.54, 1.807) is 4.90 Å².